The Morgan fingerprint density at radius 3 is 2.43 bits per heavy atom. The smallest absolute Gasteiger partial charge is 0.245 e. The Labute approximate surface area is 281 Å². The zero-order valence-corrected chi connectivity index (χ0v) is 29.3. The van der Waals surface area contributed by atoms with Gasteiger partial charge in [0.1, 0.15) is 28.8 Å². The van der Waals surface area contributed by atoms with Gasteiger partial charge in [-0.2, -0.15) is 4.31 Å². The summed E-state index contributed by atoms with van der Waals surface area (Å²) in [7, 11) is -4.13. The number of sulfonamides is 1. The fourth-order valence-electron chi connectivity index (χ4n) is 5.85. The highest BCUT2D eigenvalue weighted by atomic mass is 35.5. The number of aryl methyl sites for hydroxylation is 1. The number of para-hydroxylation sites is 1. The number of hydrogen-bond acceptors (Lipinski definition) is 6. The number of carbonyl (C=O) groups excluding carboxylic acids is 1. The van der Waals surface area contributed by atoms with Crippen molar-refractivity contribution in [2.24, 2.45) is 4.99 Å². The van der Waals surface area contributed by atoms with Crippen LogP contribution >= 0.6 is 23.2 Å². The highest BCUT2D eigenvalue weighted by Gasteiger charge is 2.43. The molecule has 3 aromatic rings. The van der Waals surface area contributed by atoms with Crippen molar-refractivity contribution in [3.63, 3.8) is 0 Å². The number of aliphatic imine (C=N–C) groups is 1. The molecule has 0 saturated carbocycles. The lowest BCUT2D eigenvalue weighted by atomic mass is 10.2. The van der Waals surface area contributed by atoms with Crippen LogP contribution in [-0.4, -0.2) is 90.2 Å². The number of benzene rings is 2. The van der Waals surface area contributed by atoms with Gasteiger partial charge < -0.3 is 19.9 Å². The van der Waals surface area contributed by atoms with E-state index in [-0.39, 0.29) is 46.1 Å². The molecule has 1 aromatic heterocycles. The topological polar surface area (TPSA) is 107 Å². The molecule has 1 atom stereocenters. The van der Waals surface area contributed by atoms with Gasteiger partial charge >= 0.3 is 0 Å². The van der Waals surface area contributed by atoms with E-state index in [4.69, 9.17) is 32.9 Å². The number of hydrogen-bond donors (Lipinski definition) is 1. The van der Waals surface area contributed by atoms with Crippen LogP contribution in [0.25, 0.3) is 10.9 Å². The molecule has 0 radical (unpaired) electrons. The number of halogens is 2. The first-order valence-electron chi connectivity index (χ1n) is 15.7. The summed E-state index contributed by atoms with van der Waals surface area (Å²) in [6, 6.07) is 12.0. The minimum Gasteiger partial charge on any atom is -0.487 e. The third kappa shape index (κ3) is 7.38. The number of nitrogens with zero attached hydrogens (tertiary/aromatic N) is 5. The molecule has 248 valence electrons. The van der Waals surface area contributed by atoms with E-state index in [1.54, 1.807) is 11.0 Å². The van der Waals surface area contributed by atoms with E-state index in [2.05, 4.69) is 29.0 Å². The third-order valence-corrected chi connectivity index (χ3v) is 11.0. The van der Waals surface area contributed by atoms with E-state index in [9.17, 15) is 13.2 Å². The summed E-state index contributed by atoms with van der Waals surface area (Å²) in [4.78, 5) is 27.0. The number of fused-ring (bicyclic) bond motifs is 1. The van der Waals surface area contributed by atoms with Crippen molar-refractivity contribution in [2.75, 3.05) is 32.7 Å². The molecule has 0 bridgehead atoms. The molecule has 2 saturated heterocycles. The van der Waals surface area contributed by atoms with Crippen LogP contribution in [0.2, 0.25) is 10.0 Å². The summed E-state index contributed by atoms with van der Waals surface area (Å²) in [5.74, 6) is 1.17. The monoisotopic (exact) mass is 688 g/mol. The highest BCUT2D eigenvalue weighted by molar-refractivity contribution is 7.89. The zero-order chi connectivity index (χ0) is 33.2. The van der Waals surface area contributed by atoms with Gasteiger partial charge in [0.15, 0.2) is 5.96 Å². The second-order valence-electron chi connectivity index (χ2n) is 12.3. The maximum atomic E-state index is 14.1. The van der Waals surface area contributed by atoms with Crippen molar-refractivity contribution < 1.29 is 17.9 Å². The molecule has 13 heteroatoms. The first-order valence-corrected chi connectivity index (χ1v) is 17.9. The van der Waals surface area contributed by atoms with Crippen LogP contribution in [0.4, 0.5) is 0 Å². The van der Waals surface area contributed by atoms with Gasteiger partial charge in [0.25, 0.3) is 0 Å². The van der Waals surface area contributed by atoms with E-state index < -0.39 is 16.1 Å². The molecule has 46 heavy (non-hydrogen) atoms. The molecule has 0 spiro atoms. The first-order chi connectivity index (χ1) is 21.9. The first kappa shape index (κ1) is 34.2. The van der Waals surface area contributed by atoms with Crippen molar-refractivity contribution in [3.05, 3.63) is 63.8 Å². The summed E-state index contributed by atoms with van der Waals surface area (Å²) in [5, 5.41) is 4.60. The van der Waals surface area contributed by atoms with Crippen molar-refractivity contribution in [1.29, 1.82) is 0 Å². The quantitative estimate of drug-likeness (QED) is 0.246. The van der Waals surface area contributed by atoms with E-state index in [0.717, 1.165) is 17.0 Å². The number of amides is 1. The average Bonchev–Trinajstić information content (AvgIpc) is 3.51. The lowest BCUT2D eigenvalue weighted by molar-refractivity contribution is -0.135. The van der Waals surface area contributed by atoms with Gasteiger partial charge in [0.2, 0.25) is 15.9 Å². The second kappa shape index (κ2) is 14.3. The number of pyridine rings is 1. The minimum absolute atomic E-state index is 0.0155. The minimum atomic E-state index is -4.13. The van der Waals surface area contributed by atoms with Crippen LogP contribution in [-0.2, 0) is 21.4 Å². The van der Waals surface area contributed by atoms with Crippen molar-refractivity contribution in [1.82, 2.24) is 24.4 Å². The predicted molar refractivity (Wildman–Crippen MR) is 183 cm³/mol. The summed E-state index contributed by atoms with van der Waals surface area (Å²) >= 11 is 13.3. The Bertz CT molecular complexity index is 1720. The van der Waals surface area contributed by atoms with E-state index in [1.165, 1.54) is 16.4 Å². The summed E-state index contributed by atoms with van der Waals surface area (Å²) in [6.07, 6.45) is 1.02. The normalized spacial score (nSPS) is 18.2. The standard InChI is InChI=1S/C33H42Cl2N6O4S/c1-21(2)36-33(37-22(3)4)40-18-16-39(17-19-40)32(42)27-9-7-15-41(27)46(43,44)29-14-13-26(34)25(30(29)35)20-45-28-10-6-8-24-12-11-23(5)38-31(24)28/h6,8,10-14,21-22,27H,7,9,15-20H2,1-5H3,(H,36,37)/t27-/m0/s1. The lowest BCUT2D eigenvalue weighted by Gasteiger charge is -2.39. The van der Waals surface area contributed by atoms with Gasteiger partial charge in [0.05, 0.1) is 5.02 Å². The van der Waals surface area contributed by atoms with Crippen LogP contribution in [0.3, 0.4) is 0 Å². The van der Waals surface area contributed by atoms with Crippen molar-refractivity contribution in [2.45, 2.75) is 77.1 Å². The van der Waals surface area contributed by atoms with E-state index in [1.807, 2.05) is 45.0 Å². The van der Waals surface area contributed by atoms with E-state index >= 15 is 0 Å². The Morgan fingerprint density at radius 1 is 1.02 bits per heavy atom. The number of carbonyl (C=O) groups is 1. The van der Waals surface area contributed by atoms with Crippen LogP contribution in [0.1, 0.15) is 51.8 Å². The Balaban J connectivity index is 1.32. The molecule has 2 aromatic carbocycles. The number of piperazine rings is 1. The van der Waals surface area contributed by atoms with Gasteiger partial charge in [-0.15, -0.1) is 0 Å². The summed E-state index contributed by atoms with van der Waals surface area (Å²) < 4.78 is 35.6. The molecule has 1 amide bonds. The third-order valence-electron chi connectivity index (χ3n) is 8.11. The number of nitrogens with one attached hydrogen (secondary N) is 1. The second-order valence-corrected chi connectivity index (χ2v) is 15.0. The molecule has 3 heterocycles. The fraction of sp³-hybridized carbons (Fsp3) is 0.485. The Hall–Kier alpha value is -3.12. The van der Waals surface area contributed by atoms with Crippen molar-refractivity contribution in [3.8, 4) is 5.75 Å². The number of ether oxygens (including phenoxy) is 1. The zero-order valence-electron chi connectivity index (χ0n) is 27.0. The maximum Gasteiger partial charge on any atom is 0.245 e. The number of guanidine groups is 1. The molecular formula is C33H42Cl2N6O4S. The molecule has 0 unspecified atom stereocenters. The number of rotatable bonds is 8. The van der Waals surface area contributed by atoms with Crippen molar-refractivity contribution >= 4 is 56.0 Å². The van der Waals surface area contributed by atoms with Crippen LogP contribution in [0, 0.1) is 6.92 Å². The lowest BCUT2D eigenvalue weighted by Crippen LogP contribution is -2.57. The fourth-order valence-corrected chi connectivity index (χ4v) is 8.37. The van der Waals surface area contributed by atoms with Gasteiger partial charge in [0, 0.05) is 66.5 Å². The summed E-state index contributed by atoms with van der Waals surface area (Å²) in [5.41, 5.74) is 1.88. The van der Waals surface area contributed by atoms with Gasteiger partial charge in [-0.05, 0) is 71.7 Å². The predicted octanol–water partition coefficient (Wildman–Crippen LogP) is 5.49. The maximum absolute atomic E-state index is 14.1. The van der Waals surface area contributed by atoms with Gasteiger partial charge in [-0.1, -0.05) is 41.4 Å². The Kier molecular flexibility index (Phi) is 10.7. The molecule has 2 fully saturated rings. The van der Waals surface area contributed by atoms with Crippen LogP contribution in [0.5, 0.6) is 5.75 Å². The number of aromatic nitrogens is 1. The molecular weight excluding hydrogens is 647 g/mol. The largest absolute Gasteiger partial charge is 0.487 e. The molecule has 2 aliphatic heterocycles. The van der Waals surface area contributed by atoms with Gasteiger partial charge in [-0.3, -0.25) is 9.79 Å². The molecule has 2 aliphatic rings. The van der Waals surface area contributed by atoms with Gasteiger partial charge in [-0.25, -0.2) is 13.4 Å². The van der Waals surface area contributed by atoms with E-state index in [0.29, 0.717) is 55.9 Å². The molecule has 0 aliphatic carbocycles. The highest BCUT2D eigenvalue weighted by Crippen LogP contribution is 2.37. The van der Waals surface area contributed by atoms with Crippen LogP contribution < -0.4 is 10.1 Å². The summed E-state index contributed by atoms with van der Waals surface area (Å²) in [6.45, 7) is 12.4. The SMILES string of the molecule is Cc1ccc2cccc(OCc3c(Cl)ccc(S(=O)(=O)N4CCC[C@H]4C(=O)N4CCN(C(=NC(C)C)NC(C)C)CC4)c3Cl)c2n1. The molecule has 10 nitrogen and oxygen atoms in total. The molecule has 1 N–H and O–H groups in total. The van der Waals surface area contributed by atoms with Crippen LogP contribution in [0.15, 0.2) is 52.4 Å². The Morgan fingerprint density at radius 2 is 1.74 bits per heavy atom. The average molecular weight is 690 g/mol. The molecule has 5 rings (SSSR count).